The van der Waals surface area contributed by atoms with Crippen molar-refractivity contribution in [1.82, 2.24) is 0 Å². The van der Waals surface area contributed by atoms with Crippen LogP contribution in [0, 0.1) is 0 Å². The third kappa shape index (κ3) is 2.93. The van der Waals surface area contributed by atoms with Gasteiger partial charge in [0.1, 0.15) is 22.8 Å². The second kappa shape index (κ2) is 6.16. The van der Waals surface area contributed by atoms with Crippen LogP contribution in [0.25, 0.3) is 22.1 Å². The Bertz CT molecular complexity index is 892. The number of hydrogen-bond donors (Lipinski definition) is 2. The van der Waals surface area contributed by atoms with E-state index in [0.29, 0.717) is 28.7 Å². The molecule has 2 N–H and O–H groups in total. The molecular weight excluding hydrogens is 292 g/mol. The quantitative estimate of drug-likeness (QED) is 0.757. The molecule has 0 spiro atoms. The number of benzene rings is 2. The van der Waals surface area contributed by atoms with Crippen molar-refractivity contribution in [3.63, 3.8) is 0 Å². The Morgan fingerprint density at radius 1 is 1.00 bits per heavy atom. The molecule has 118 valence electrons. The SMILES string of the molecule is CCCCc1oc2cc(O)ccc2c(=O)c1-c1ccc(O)cc1. The van der Waals surface area contributed by atoms with Crippen molar-refractivity contribution < 1.29 is 14.6 Å². The van der Waals surface area contributed by atoms with Gasteiger partial charge in [-0.2, -0.15) is 0 Å². The van der Waals surface area contributed by atoms with E-state index in [9.17, 15) is 15.0 Å². The van der Waals surface area contributed by atoms with Gasteiger partial charge in [0, 0.05) is 12.5 Å². The summed E-state index contributed by atoms with van der Waals surface area (Å²) >= 11 is 0. The Morgan fingerprint density at radius 2 is 1.70 bits per heavy atom. The predicted octanol–water partition coefficient (Wildman–Crippen LogP) is 4.21. The van der Waals surface area contributed by atoms with Gasteiger partial charge in [-0.1, -0.05) is 25.5 Å². The van der Waals surface area contributed by atoms with E-state index in [0.717, 1.165) is 18.4 Å². The summed E-state index contributed by atoms with van der Waals surface area (Å²) in [6, 6.07) is 11.0. The maximum Gasteiger partial charge on any atom is 0.200 e. The Morgan fingerprint density at radius 3 is 2.39 bits per heavy atom. The van der Waals surface area contributed by atoms with E-state index in [-0.39, 0.29) is 16.9 Å². The molecule has 3 aromatic rings. The molecule has 0 amide bonds. The molecule has 0 atom stereocenters. The maximum absolute atomic E-state index is 12.9. The lowest BCUT2D eigenvalue weighted by Crippen LogP contribution is -2.09. The molecule has 0 aliphatic carbocycles. The lowest BCUT2D eigenvalue weighted by Gasteiger charge is -2.10. The first-order chi connectivity index (χ1) is 11.1. The summed E-state index contributed by atoms with van der Waals surface area (Å²) in [4.78, 5) is 12.9. The van der Waals surface area contributed by atoms with Crippen LogP contribution in [0.1, 0.15) is 25.5 Å². The highest BCUT2D eigenvalue weighted by Crippen LogP contribution is 2.28. The number of aromatic hydroxyl groups is 2. The molecule has 4 heteroatoms. The Balaban J connectivity index is 2.28. The summed E-state index contributed by atoms with van der Waals surface area (Å²) in [6.45, 7) is 2.07. The van der Waals surface area contributed by atoms with E-state index in [1.807, 2.05) is 0 Å². The number of fused-ring (bicyclic) bond motifs is 1. The monoisotopic (exact) mass is 310 g/mol. The molecule has 0 unspecified atom stereocenters. The second-order valence-corrected chi connectivity index (χ2v) is 5.56. The summed E-state index contributed by atoms with van der Waals surface area (Å²) in [5.41, 5.74) is 1.51. The van der Waals surface area contributed by atoms with Crippen LogP contribution in [0.15, 0.2) is 51.7 Å². The third-order valence-corrected chi connectivity index (χ3v) is 3.86. The molecule has 1 aromatic heterocycles. The summed E-state index contributed by atoms with van der Waals surface area (Å²) in [6.07, 6.45) is 2.53. The molecule has 0 radical (unpaired) electrons. The standard InChI is InChI=1S/C19H18O4/c1-2-3-4-16-18(12-5-7-13(20)8-6-12)19(22)15-10-9-14(21)11-17(15)23-16/h5-11,20-21H,2-4H2,1H3. The van der Waals surface area contributed by atoms with Gasteiger partial charge in [-0.25, -0.2) is 0 Å². The number of aryl methyl sites for hydroxylation is 1. The third-order valence-electron chi connectivity index (χ3n) is 3.86. The van der Waals surface area contributed by atoms with Gasteiger partial charge in [-0.15, -0.1) is 0 Å². The number of phenols is 2. The maximum atomic E-state index is 12.9. The van der Waals surface area contributed by atoms with E-state index < -0.39 is 0 Å². The number of unbranched alkanes of at least 4 members (excludes halogenated alkanes) is 1. The van der Waals surface area contributed by atoms with Crippen LogP contribution in [0.5, 0.6) is 11.5 Å². The highest BCUT2D eigenvalue weighted by Gasteiger charge is 2.16. The lowest BCUT2D eigenvalue weighted by molar-refractivity contribution is 0.471. The molecule has 0 aliphatic heterocycles. The van der Waals surface area contributed by atoms with Gasteiger partial charge >= 0.3 is 0 Å². The molecule has 0 fully saturated rings. The largest absolute Gasteiger partial charge is 0.508 e. The Hall–Kier alpha value is -2.75. The zero-order valence-corrected chi connectivity index (χ0v) is 12.9. The molecule has 0 saturated carbocycles. The van der Waals surface area contributed by atoms with Crippen molar-refractivity contribution >= 4 is 11.0 Å². The van der Waals surface area contributed by atoms with Gasteiger partial charge in [0.2, 0.25) is 5.43 Å². The summed E-state index contributed by atoms with van der Waals surface area (Å²) in [7, 11) is 0. The average Bonchev–Trinajstić information content (AvgIpc) is 2.54. The van der Waals surface area contributed by atoms with E-state index in [1.54, 1.807) is 30.3 Å². The molecule has 3 rings (SSSR count). The normalized spacial score (nSPS) is 11.0. The smallest absolute Gasteiger partial charge is 0.200 e. The van der Waals surface area contributed by atoms with Gasteiger partial charge in [-0.05, 0) is 36.2 Å². The van der Waals surface area contributed by atoms with Gasteiger partial charge in [0.05, 0.1) is 10.9 Å². The van der Waals surface area contributed by atoms with E-state index in [1.165, 1.54) is 12.1 Å². The van der Waals surface area contributed by atoms with Gasteiger partial charge < -0.3 is 14.6 Å². The lowest BCUT2D eigenvalue weighted by atomic mass is 9.99. The molecule has 23 heavy (non-hydrogen) atoms. The van der Waals surface area contributed by atoms with Crippen LogP contribution in [0.4, 0.5) is 0 Å². The summed E-state index contributed by atoms with van der Waals surface area (Å²) < 4.78 is 5.92. The summed E-state index contributed by atoms with van der Waals surface area (Å²) in [5.74, 6) is 0.832. The molecule has 0 aliphatic rings. The highest BCUT2D eigenvalue weighted by atomic mass is 16.3. The van der Waals surface area contributed by atoms with Crippen molar-refractivity contribution in [2.24, 2.45) is 0 Å². The molecule has 0 saturated heterocycles. The van der Waals surface area contributed by atoms with Crippen LogP contribution >= 0.6 is 0 Å². The van der Waals surface area contributed by atoms with E-state index >= 15 is 0 Å². The van der Waals surface area contributed by atoms with Crippen LogP contribution < -0.4 is 5.43 Å². The molecule has 4 nitrogen and oxygen atoms in total. The van der Waals surface area contributed by atoms with Crippen LogP contribution in [0.3, 0.4) is 0 Å². The predicted molar refractivity (Wildman–Crippen MR) is 89.9 cm³/mol. The van der Waals surface area contributed by atoms with Crippen LogP contribution in [-0.2, 0) is 6.42 Å². The Labute approximate surface area is 133 Å². The highest BCUT2D eigenvalue weighted by molar-refractivity contribution is 5.83. The number of rotatable bonds is 4. The van der Waals surface area contributed by atoms with E-state index in [4.69, 9.17) is 4.42 Å². The minimum absolute atomic E-state index is 0.0690. The average molecular weight is 310 g/mol. The fourth-order valence-electron chi connectivity index (χ4n) is 2.66. The first-order valence-electron chi connectivity index (χ1n) is 7.68. The van der Waals surface area contributed by atoms with Crippen molar-refractivity contribution in [2.75, 3.05) is 0 Å². The number of phenolic OH excluding ortho intramolecular Hbond substituents is 2. The second-order valence-electron chi connectivity index (χ2n) is 5.56. The van der Waals surface area contributed by atoms with Gasteiger partial charge in [0.15, 0.2) is 0 Å². The fourth-order valence-corrected chi connectivity index (χ4v) is 2.66. The topological polar surface area (TPSA) is 70.7 Å². The first kappa shape index (κ1) is 15.2. The van der Waals surface area contributed by atoms with Crippen molar-refractivity contribution in [2.45, 2.75) is 26.2 Å². The van der Waals surface area contributed by atoms with Gasteiger partial charge in [0.25, 0.3) is 0 Å². The molecular formula is C19H18O4. The summed E-state index contributed by atoms with van der Waals surface area (Å²) in [5, 5.41) is 19.5. The molecule has 0 bridgehead atoms. The van der Waals surface area contributed by atoms with Crippen molar-refractivity contribution in [1.29, 1.82) is 0 Å². The zero-order chi connectivity index (χ0) is 16.4. The Kier molecular flexibility index (Phi) is 4.06. The zero-order valence-electron chi connectivity index (χ0n) is 12.9. The van der Waals surface area contributed by atoms with Crippen LogP contribution in [-0.4, -0.2) is 10.2 Å². The van der Waals surface area contributed by atoms with Gasteiger partial charge in [-0.3, -0.25) is 4.79 Å². The molecule has 2 aromatic carbocycles. The fraction of sp³-hybridized carbons (Fsp3) is 0.211. The van der Waals surface area contributed by atoms with Crippen LogP contribution in [0.2, 0.25) is 0 Å². The molecule has 1 heterocycles. The van der Waals surface area contributed by atoms with Crippen molar-refractivity contribution in [3.8, 4) is 22.6 Å². The first-order valence-corrected chi connectivity index (χ1v) is 7.68. The number of hydrogen-bond acceptors (Lipinski definition) is 4. The minimum Gasteiger partial charge on any atom is -0.508 e. The van der Waals surface area contributed by atoms with Crippen molar-refractivity contribution in [3.05, 3.63) is 58.4 Å². The van der Waals surface area contributed by atoms with E-state index in [2.05, 4.69) is 6.92 Å². The minimum atomic E-state index is -0.122.